The van der Waals surface area contributed by atoms with Crippen molar-refractivity contribution in [1.82, 2.24) is 10.2 Å². The smallest absolute Gasteiger partial charge is 0.420 e. The molecule has 1 aromatic carbocycles. The average molecular weight is 334 g/mol. The second-order valence-corrected chi connectivity index (χ2v) is 5.22. The minimum Gasteiger partial charge on any atom is -0.504 e. The summed E-state index contributed by atoms with van der Waals surface area (Å²) >= 11 is 0. The molecule has 1 fully saturated rings. The van der Waals surface area contributed by atoms with E-state index in [1.54, 1.807) is 6.07 Å². The van der Waals surface area contributed by atoms with Crippen molar-refractivity contribution in [3.05, 3.63) is 23.8 Å². The van der Waals surface area contributed by atoms with Gasteiger partial charge in [0.15, 0.2) is 17.1 Å². The molecule has 128 valence electrons. The van der Waals surface area contributed by atoms with Crippen LogP contribution in [0.2, 0.25) is 0 Å². The Labute approximate surface area is 130 Å². The molecule has 0 spiro atoms. The van der Waals surface area contributed by atoms with Gasteiger partial charge in [-0.2, -0.15) is 13.2 Å². The number of carbonyl (C=O) groups is 1. The molecule has 1 heterocycles. The predicted molar refractivity (Wildman–Crippen MR) is 74.3 cm³/mol. The quantitative estimate of drug-likeness (QED) is 0.882. The summed E-state index contributed by atoms with van der Waals surface area (Å²) in [6, 6.07) is 3.94. The molecule has 0 unspecified atom stereocenters. The Balaban J connectivity index is 1.89. The third-order valence-corrected chi connectivity index (χ3v) is 3.77. The number of aromatic hydroxyl groups is 1. The second kappa shape index (κ2) is 6.15. The van der Waals surface area contributed by atoms with E-state index in [1.807, 2.05) is 0 Å². The molecule has 0 saturated carbocycles. The number of hydrogen-bond donors (Lipinski definition) is 2. The maximum Gasteiger partial charge on any atom is 0.420 e. The number of likely N-dealkylation sites (tertiary alicyclic amines) is 1. The minimum atomic E-state index is -4.53. The minimum absolute atomic E-state index is 0.0683. The Hall–Kier alpha value is -2.16. The lowest BCUT2D eigenvalue weighted by atomic mass is 9.93. The normalized spacial score (nSPS) is 16.7. The van der Waals surface area contributed by atoms with Gasteiger partial charge < -0.3 is 24.8 Å². The summed E-state index contributed by atoms with van der Waals surface area (Å²) in [6.45, 7) is -1.03. The van der Waals surface area contributed by atoms with Crippen LogP contribution in [0.1, 0.15) is 5.56 Å². The first-order valence-electron chi connectivity index (χ1n) is 6.73. The number of methoxy groups -OCH3 is 2. The number of benzene rings is 1. The van der Waals surface area contributed by atoms with Gasteiger partial charge in [0, 0.05) is 13.7 Å². The van der Waals surface area contributed by atoms with Gasteiger partial charge in [0.25, 0.3) is 0 Å². The van der Waals surface area contributed by atoms with Crippen LogP contribution >= 0.6 is 0 Å². The summed E-state index contributed by atoms with van der Waals surface area (Å²) < 4.78 is 47.9. The fourth-order valence-corrected chi connectivity index (χ4v) is 2.27. The van der Waals surface area contributed by atoms with E-state index < -0.39 is 30.9 Å². The summed E-state index contributed by atoms with van der Waals surface area (Å²) in [5.41, 5.74) is -1.70. The molecule has 0 aliphatic carbocycles. The Kier molecular flexibility index (Phi) is 4.60. The van der Waals surface area contributed by atoms with E-state index in [9.17, 15) is 23.1 Å². The van der Waals surface area contributed by atoms with Gasteiger partial charge in [0.1, 0.15) is 0 Å². The van der Waals surface area contributed by atoms with E-state index >= 15 is 0 Å². The van der Waals surface area contributed by atoms with Crippen molar-refractivity contribution in [3.63, 3.8) is 0 Å². The summed E-state index contributed by atoms with van der Waals surface area (Å²) in [5, 5.41) is 12.1. The maximum absolute atomic E-state index is 12.8. The molecule has 1 aliphatic heterocycles. The number of urea groups is 1. The lowest BCUT2D eigenvalue weighted by Gasteiger charge is -2.49. The molecule has 0 atom stereocenters. The third kappa shape index (κ3) is 3.29. The number of alkyl halides is 3. The van der Waals surface area contributed by atoms with Crippen LogP contribution in [-0.4, -0.2) is 55.1 Å². The van der Waals surface area contributed by atoms with Crippen molar-refractivity contribution in [2.45, 2.75) is 18.3 Å². The van der Waals surface area contributed by atoms with Gasteiger partial charge in [0.05, 0.1) is 20.2 Å². The highest BCUT2D eigenvalue weighted by Crippen LogP contribution is 2.40. The van der Waals surface area contributed by atoms with Crippen molar-refractivity contribution in [1.29, 1.82) is 0 Å². The predicted octanol–water partition coefficient (Wildman–Crippen LogP) is 1.87. The van der Waals surface area contributed by atoms with Gasteiger partial charge in [-0.1, -0.05) is 6.07 Å². The number of phenols is 1. The lowest BCUT2D eigenvalue weighted by molar-refractivity contribution is -0.303. The fraction of sp³-hybridized carbons (Fsp3) is 0.500. The van der Waals surface area contributed by atoms with Crippen LogP contribution in [0.5, 0.6) is 11.5 Å². The second-order valence-electron chi connectivity index (χ2n) is 5.22. The molecule has 2 amide bonds. The maximum atomic E-state index is 12.8. The van der Waals surface area contributed by atoms with E-state index in [0.29, 0.717) is 5.56 Å². The van der Waals surface area contributed by atoms with Gasteiger partial charge in [-0.25, -0.2) is 4.79 Å². The average Bonchev–Trinajstić information content (AvgIpc) is 2.43. The molecule has 23 heavy (non-hydrogen) atoms. The molecular formula is C14H17F3N2O4. The topological polar surface area (TPSA) is 71.0 Å². The highest BCUT2D eigenvalue weighted by atomic mass is 19.4. The molecule has 9 heteroatoms. The number of ether oxygens (including phenoxy) is 2. The molecule has 0 radical (unpaired) electrons. The molecule has 1 saturated heterocycles. The van der Waals surface area contributed by atoms with Gasteiger partial charge in [-0.3, -0.25) is 0 Å². The highest BCUT2D eigenvalue weighted by molar-refractivity contribution is 5.75. The van der Waals surface area contributed by atoms with Crippen LogP contribution in [0.25, 0.3) is 0 Å². The standard InChI is InChI=1S/C14H17F3N2O4/c1-22-11-4-3-9(5-10(11)20)6-18-12(21)19-7-13(8-19,23-2)14(15,16)17/h3-5,20H,6-8H2,1-2H3,(H,18,21). The van der Waals surface area contributed by atoms with E-state index in [1.165, 1.54) is 19.2 Å². The van der Waals surface area contributed by atoms with Crippen molar-refractivity contribution in [2.24, 2.45) is 0 Å². The molecule has 0 bridgehead atoms. The zero-order valence-electron chi connectivity index (χ0n) is 12.6. The summed E-state index contributed by atoms with van der Waals surface area (Å²) in [6.07, 6.45) is -4.53. The number of carbonyl (C=O) groups excluding carboxylic acids is 1. The molecule has 0 aromatic heterocycles. The van der Waals surface area contributed by atoms with Crippen LogP contribution in [0, 0.1) is 0 Å². The Bertz CT molecular complexity index is 586. The van der Waals surface area contributed by atoms with Gasteiger partial charge >= 0.3 is 12.2 Å². The first-order valence-corrected chi connectivity index (χ1v) is 6.73. The first-order chi connectivity index (χ1) is 10.7. The van der Waals surface area contributed by atoms with Gasteiger partial charge in [-0.15, -0.1) is 0 Å². The van der Waals surface area contributed by atoms with Crippen molar-refractivity contribution in [2.75, 3.05) is 27.3 Å². The number of nitrogens with one attached hydrogen (secondary N) is 1. The highest BCUT2D eigenvalue weighted by Gasteiger charge is 2.63. The van der Waals surface area contributed by atoms with E-state index in [0.717, 1.165) is 12.0 Å². The van der Waals surface area contributed by atoms with Gasteiger partial charge in [-0.05, 0) is 17.7 Å². The van der Waals surface area contributed by atoms with Crippen LogP contribution in [-0.2, 0) is 11.3 Å². The zero-order chi connectivity index (χ0) is 17.3. The number of hydrogen-bond acceptors (Lipinski definition) is 4. The first kappa shape index (κ1) is 17.2. The van der Waals surface area contributed by atoms with Crippen LogP contribution in [0.4, 0.5) is 18.0 Å². The van der Waals surface area contributed by atoms with Crippen LogP contribution in [0.15, 0.2) is 18.2 Å². The molecular weight excluding hydrogens is 317 g/mol. The molecule has 2 rings (SSSR count). The zero-order valence-corrected chi connectivity index (χ0v) is 12.6. The lowest BCUT2D eigenvalue weighted by Crippen LogP contribution is -2.72. The molecule has 1 aliphatic rings. The monoisotopic (exact) mass is 334 g/mol. The summed E-state index contributed by atoms with van der Waals surface area (Å²) in [4.78, 5) is 12.9. The third-order valence-electron chi connectivity index (χ3n) is 3.77. The molecule has 1 aromatic rings. The van der Waals surface area contributed by atoms with Crippen molar-refractivity contribution >= 4 is 6.03 Å². The summed E-state index contributed by atoms with van der Waals surface area (Å²) in [5.74, 6) is 0.205. The SMILES string of the molecule is COc1ccc(CNC(=O)N2CC(OC)(C(F)(F)F)C2)cc1O. The van der Waals surface area contributed by atoms with Crippen molar-refractivity contribution in [3.8, 4) is 11.5 Å². The van der Waals surface area contributed by atoms with Crippen LogP contribution < -0.4 is 10.1 Å². The Morgan fingerprint density at radius 1 is 1.39 bits per heavy atom. The Morgan fingerprint density at radius 3 is 2.52 bits per heavy atom. The number of halogens is 3. The molecule has 6 nitrogen and oxygen atoms in total. The number of amides is 2. The van der Waals surface area contributed by atoms with Crippen molar-refractivity contribution < 1.29 is 32.5 Å². The largest absolute Gasteiger partial charge is 0.504 e. The van der Waals surface area contributed by atoms with Gasteiger partial charge in [0.2, 0.25) is 0 Å². The summed E-state index contributed by atoms with van der Waals surface area (Å²) in [7, 11) is 2.38. The van der Waals surface area contributed by atoms with E-state index in [2.05, 4.69) is 10.1 Å². The number of phenolic OH excluding ortho intramolecular Hbond substituents is 1. The van der Waals surface area contributed by atoms with E-state index in [4.69, 9.17) is 4.74 Å². The number of rotatable bonds is 4. The fourth-order valence-electron chi connectivity index (χ4n) is 2.27. The Morgan fingerprint density at radius 2 is 2.04 bits per heavy atom. The molecule has 2 N–H and O–H groups in total. The van der Waals surface area contributed by atoms with E-state index in [-0.39, 0.29) is 18.0 Å². The number of nitrogens with zero attached hydrogens (tertiary/aromatic N) is 1. The van der Waals surface area contributed by atoms with Crippen LogP contribution in [0.3, 0.4) is 0 Å².